The first-order chi connectivity index (χ1) is 15.0. The number of nitro benzene ring substituents is 1. The summed E-state index contributed by atoms with van der Waals surface area (Å²) in [6.07, 6.45) is 0.218. The molecule has 1 N–H and O–H groups in total. The molecule has 2 aromatic carbocycles. The van der Waals surface area contributed by atoms with Crippen molar-refractivity contribution in [3.63, 3.8) is 0 Å². The van der Waals surface area contributed by atoms with Crippen molar-refractivity contribution in [2.24, 2.45) is 0 Å². The molecule has 0 aromatic heterocycles. The second-order valence-electron chi connectivity index (χ2n) is 7.19. The third-order valence-corrected chi connectivity index (χ3v) is 5.11. The zero-order chi connectivity index (χ0) is 22.1. The molecule has 0 bridgehead atoms. The molecule has 0 spiro atoms. The molecule has 9 nitrogen and oxygen atoms in total. The van der Waals surface area contributed by atoms with E-state index in [2.05, 4.69) is 10.2 Å². The van der Waals surface area contributed by atoms with Crippen molar-refractivity contribution in [3.05, 3.63) is 70.3 Å². The normalized spacial score (nSPS) is 14.1. The number of non-ortho nitro benzene ring substituents is 1. The number of nitrogens with one attached hydrogen (secondary N) is 1. The van der Waals surface area contributed by atoms with Gasteiger partial charge < -0.3 is 15.0 Å². The van der Waals surface area contributed by atoms with E-state index in [-0.39, 0.29) is 30.5 Å². The van der Waals surface area contributed by atoms with Crippen molar-refractivity contribution in [2.75, 3.05) is 45.9 Å². The van der Waals surface area contributed by atoms with E-state index in [1.165, 1.54) is 24.3 Å². The van der Waals surface area contributed by atoms with Crippen molar-refractivity contribution in [2.45, 2.75) is 6.42 Å². The number of hydrogen-bond acceptors (Lipinski definition) is 6. The zero-order valence-corrected chi connectivity index (χ0v) is 17.2. The highest BCUT2D eigenvalue weighted by molar-refractivity contribution is 5.94. The predicted molar refractivity (Wildman–Crippen MR) is 115 cm³/mol. The number of nitrogens with zero attached hydrogens (tertiary/aromatic N) is 3. The lowest BCUT2D eigenvalue weighted by Crippen LogP contribution is -2.50. The van der Waals surface area contributed by atoms with Crippen LogP contribution in [0.4, 0.5) is 5.69 Å². The van der Waals surface area contributed by atoms with Gasteiger partial charge in [0.25, 0.3) is 11.6 Å². The minimum atomic E-state index is -0.517. The Balaban J connectivity index is 1.31. The number of hydrogen-bond donors (Lipinski definition) is 1. The fourth-order valence-corrected chi connectivity index (χ4v) is 3.31. The number of benzene rings is 2. The van der Waals surface area contributed by atoms with Crippen molar-refractivity contribution in [3.8, 4) is 5.75 Å². The Kier molecular flexibility index (Phi) is 7.94. The summed E-state index contributed by atoms with van der Waals surface area (Å²) >= 11 is 0. The maximum absolute atomic E-state index is 12.4. The number of ether oxygens (including phenoxy) is 1. The fraction of sp³-hybridized carbons (Fsp3) is 0.364. The standard InChI is InChI=1S/C22H26N4O5/c27-21(10-11-23-22(28)18-6-8-19(9-7-18)26(29)30)25-14-12-24(13-15-25)16-17-31-20-4-2-1-3-5-20/h1-9H,10-17H2,(H,23,28). The molecule has 0 atom stereocenters. The monoisotopic (exact) mass is 426 g/mol. The minimum Gasteiger partial charge on any atom is -0.492 e. The summed E-state index contributed by atoms with van der Waals surface area (Å²) < 4.78 is 5.72. The van der Waals surface area contributed by atoms with Crippen LogP contribution in [0.25, 0.3) is 0 Å². The largest absolute Gasteiger partial charge is 0.492 e. The van der Waals surface area contributed by atoms with Crippen molar-refractivity contribution in [1.82, 2.24) is 15.1 Å². The van der Waals surface area contributed by atoms with E-state index in [1.807, 2.05) is 35.2 Å². The molecular weight excluding hydrogens is 400 g/mol. The number of amides is 2. The Labute approximate surface area is 180 Å². The summed E-state index contributed by atoms with van der Waals surface area (Å²) in [6.45, 7) is 4.52. The first kappa shape index (κ1) is 22.2. The highest BCUT2D eigenvalue weighted by atomic mass is 16.6. The molecule has 1 aliphatic rings. The van der Waals surface area contributed by atoms with E-state index >= 15 is 0 Å². The molecule has 0 radical (unpaired) electrons. The Morgan fingerprint density at radius 2 is 1.68 bits per heavy atom. The maximum atomic E-state index is 12.4. The van der Waals surface area contributed by atoms with Crippen LogP contribution in [0.5, 0.6) is 5.75 Å². The predicted octanol–water partition coefficient (Wildman–Crippen LogP) is 1.94. The lowest BCUT2D eigenvalue weighted by Gasteiger charge is -2.34. The molecular formula is C22H26N4O5. The van der Waals surface area contributed by atoms with E-state index in [4.69, 9.17) is 4.74 Å². The van der Waals surface area contributed by atoms with Crippen molar-refractivity contribution >= 4 is 17.5 Å². The van der Waals surface area contributed by atoms with Crippen molar-refractivity contribution in [1.29, 1.82) is 0 Å². The number of piperazine rings is 1. The molecule has 1 heterocycles. The Bertz CT molecular complexity index is 881. The van der Waals surface area contributed by atoms with Crippen LogP contribution in [0.15, 0.2) is 54.6 Å². The van der Waals surface area contributed by atoms with Gasteiger partial charge in [0.15, 0.2) is 0 Å². The fourth-order valence-electron chi connectivity index (χ4n) is 3.31. The summed E-state index contributed by atoms with van der Waals surface area (Å²) in [5, 5.41) is 13.4. The van der Waals surface area contributed by atoms with Crippen LogP contribution in [-0.4, -0.2) is 72.4 Å². The molecule has 3 rings (SSSR count). The van der Waals surface area contributed by atoms with E-state index in [9.17, 15) is 19.7 Å². The lowest BCUT2D eigenvalue weighted by molar-refractivity contribution is -0.384. The number of nitro groups is 1. The third-order valence-electron chi connectivity index (χ3n) is 5.11. The average molecular weight is 426 g/mol. The first-order valence-corrected chi connectivity index (χ1v) is 10.2. The first-order valence-electron chi connectivity index (χ1n) is 10.2. The van der Waals surface area contributed by atoms with Crippen LogP contribution in [0, 0.1) is 10.1 Å². The van der Waals surface area contributed by atoms with E-state index in [0.29, 0.717) is 25.3 Å². The van der Waals surface area contributed by atoms with Crippen LogP contribution < -0.4 is 10.1 Å². The maximum Gasteiger partial charge on any atom is 0.269 e. The summed E-state index contributed by atoms with van der Waals surface area (Å²) in [6, 6.07) is 15.0. The van der Waals surface area contributed by atoms with Crippen LogP contribution in [-0.2, 0) is 4.79 Å². The molecule has 0 unspecified atom stereocenters. The Morgan fingerprint density at radius 1 is 1.00 bits per heavy atom. The second kappa shape index (κ2) is 11.1. The smallest absolute Gasteiger partial charge is 0.269 e. The van der Waals surface area contributed by atoms with Crippen LogP contribution in [0.1, 0.15) is 16.8 Å². The van der Waals surface area contributed by atoms with Gasteiger partial charge in [-0.2, -0.15) is 0 Å². The SMILES string of the molecule is O=C(NCCC(=O)N1CCN(CCOc2ccccc2)CC1)c1ccc([N+](=O)[O-])cc1. The molecule has 0 aliphatic carbocycles. The quantitative estimate of drug-likeness (QED) is 0.485. The van der Waals surface area contributed by atoms with Gasteiger partial charge in [0.1, 0.15) is 12.4 Å². The minimum absolute atomic E-state index is 0.00388. The van der Waals surface area contributed by atoms with Gasteiger partial charge >= 0.3 is 0 Å². The summed E-state index contributed by atoms with van der Waals surface area (Å²) in [5.41, 5.74) is 0.252. The van der Waals surface area contributed by atoms with E-state index < -0.39 is 4.92 Å². The Morgan fingerprint density at radius 3 is 2.32 bits per heavy atom. The Hall–Kier alpha value is -3.46. The lowest BCUT2D eigenvalue weighted by atomic mass is 10.2. The number of carbonyl (C=O) groups excluding carboxylic acids is 2. The second-order valence-corrected chi connectivity index (χ2v) is 7.19. The van der Waals surface area contributed by atoms with Gasteiger partial charge in [0, 0.05) is 63.4 Å². The van der Waals surface area contributed by atoms with Gasteiger partial charge in [0.05, 0.1) is 4.92 Å². The van der Waals surface area contributed by atoms with Gasteiger partial charge in [0.2, 0.25) is 5.91 Å². The van der Waals surface area contributed by atoms with Gasteiger partial charge in [-0.15, -0.1) is 0 Å². The highest BCUT2D eigenvalue weighted by Gasteiger charge is 2.21. The number of para-hydroxylation sites is 1. The van der Waals surface area contributed by atoms with Crippen LogP contribution in [0.3, 0.4) is 0 Å². The molecule has 0 saturated carbocycles. The molecule has 2 amide bonds. The molecule has 1 fully saturated rings. The zero-order valence-electron chi connectivity index (χ0n) is 17.2. The van der Waals surface area contributed by atoms with Gasteiger partial charge in [-0.3, -0.25) is 24.6 Å². The summed E-state index contributed by atoms with van der Waals surface area (Å²) in [5.74, 6) is 0.502. The van der Waals surface area contributed by atoms with Gasteiger partial charge in [-0.05, 0) is 24.3 Å². The van der Waals surface area contributed by atoms with E-state index in [1.54, 1.807) is 0 Å². The van der Waals surface area contributed by atoms with Crippen LogP contribution in [0.2, 0.25) is 0 Å². The molecule has 2 aromatic rings. The molecule has 31 heavy (non-hydrogen) atoms. The average Bonchev–Trinajstić information content (AvgIpc) is 2.80. The summed E-state index contributed by atoms with van der Waals surface area (Å²) in [4.78, 5) is 38.7. The highest BCUT2D eigenvalue weighted by Crippen LogP contribution is 2.12. The van der Waals surface area contributed by atoms with Gasteiger partial charge in [-0.1, -0.05) is 18.2 Å². The van der Waals surface area contributed by atoms with Crippen molar-refractivity contribution < 1.29 is 19.2 Å². The molecule has 164 valence electrons. The van der Waals surface area contributed by atoms with E-state index in [0.717, 1.165) is 25.4 Å². The molecule has 1 aliphatic heterocycles. The van der Waals surface area contributed by atoms with Crippen LogP contribution >= 0.6 is 0 Å². The summed E-state index contributed by atoms with van der Waals surface area (Å²) in [7, 11) is 0. The third kappa shape index (κ3) is 6.78. The topological polar surface area (TPSA) is 105 Å². The number of rotatable bonds is 9. The van der Waals surface area contributed by atoms with Gasteiger partial charge in [-0.25, -0.2) is 0 Å². The molecule has 1 saturated heterocycles. The molecule has 9 heteroatoms. The number of carbonyl (C=O) groups is 2.